The first kappa shape index (κ1) is 15.7. The number of nitrogens with zero attached hydrogens (tertiary/aromatic N) is 1. The van der Waals surface area contributed by atoms with Crippen molar-refractivity contribution in [2.75, 3.05) is 0 Å². The topological polar surface area (TPSA) is 52.9 Å². The molecule has 1 fully saturated rings. The van der Waals surface area contributed by atoms with Gasteiger partial charge < -0.3 is 5.32 Å². The van der Waals surface area contributed by atoms with Gasteiger partial charge >= 0.3 is 0 Å². The summed E-state index contributed by atoms with van der Waals surface area (Å²) in [7, 11) is 0. The van der Waals surface area contributed by atoms with Gasteiger partial charge in [0.2, 0.25) is 5.91 Å². The molecule has 23 heavy (non-hydrogen) atoms. The fourth-order valence-electron chi connectivity index (χ4n) is 2.66. The van der Waals surface area contributed by atoms with Gasteiger partial charge in [-0.1, -0.05) is 34.1 Å². The Morgan fingerprint density at radius 2 is 2.17 bits per heavy atom. The first-order valence-electron chi connectivity index (χ1n) is 7.30. The van der Waals surface area contributed by atoms with Crippen LogP contribution in [0.1, 0.15) is 29.0 Å². The van der Waals surface area contributed by atoms with Crippen LogP contribution in [0.5, 0.6) is 0 Å². The first-order chi connectivity index (χ1) is 11.1. The number of hydrogen-bond acceptors (Lipinski definition) is 2. The number of hydrogen-bond donors (Lipinski definition) is 1. The van der Waals surface area contributed by atoms with E-state index in [4.69, 9.17) is 5.26 Å². The monoisotopic (exact) mass is 372 g/mol. The maximum Gasteiger partial charge on any atom is 0.224 e. The van der Waals surface area contributed by atoms with Crippen molar-refractivity contribution in [2.24, 2.45) is 5.92 Å². The van der Waals surface area contributed by atoms with Gasteiger partial charge in [-0.25, -0.2) is 4.39 Å². The highest BCUT2D eigenvalue weighted by atomic mass is 79.9. The molecule has 1 N–H and O–H groups in total. The van der Waals surface area contributed by atoms with E-state index in [9.17, 15) is 9.18 Å². The molecule has 0 aliphatic heterocycles. The Labute approximate surface area is 142 Å². The van der Waals surface area contributed by atoms with Crippen molar-refractivity contribution >= 4 is 21.8 Å². The van der Waals surface area contributed by atoms with Crippen LogP contribution in [0.2, 0.25) is 0 Å². The molecule has 2 atom stereocenters. The highest BCUT2D eigenvalue weighted by Crippen LogP contribution is 2.47. The van der Waals surface area contributed by atoms with E-state index in [2.05, 4.69) is 21.2 Å². The smallest absolute Gasteiger partial charge is 0.224 e. The van der Waals surface area contributed by atoms with Gasteiger partial charge in [0.05, 0.1) is 11.6 Å². The van der Waals surface area contributed by atoms with Crippen LogP contribution >= 0.6 is 15.9 Å². The minimum atomic E-state index is -0.469. The molecular formula is C18H14BrFN2O. The molecule has 1 aliphatic rings. The van der Waals surface area contributed by atoms with Gasteiger partial charge in [-0.05, 0) is 42.2 Å². The molecule has 116 valence electrons. The van der Waals surface area contributed by atoms with Gasteiger partial charge in [0.25, 0.3) is 0 Å². The van der Waals surface area contributed by atoms with Crippen LogP contribution in [-0.2, 0) is 11.3 Å². The van der Waals surface area contributed by atoms with Crippen molar-refractivity contribution in [1.82, 2.24) is 5.32 Å². The van der Waals surface area contributed by atoms with Gasteiger partial charge in [0, 0.05) is 22.5 Å². The van der Waals surface area contributed by atoms with E-state index in [1.807, 2.05) is 30.3 Å². The summed E-state index contributed by atoms with van der Waals surface area (Å²) in [5.41, 5.74) is 1.80. The number of benzene rings is 2. The molecule has 0 heterocycles. The van der Waals surface area contributed by atoms with Gasteiger partial charge in [-0.3, -0.25) is 4.79 Å². The zero-order valence-corrected chi connectivity index (χ0v) is 13.8. The quantitative estimate of drug-likeness (QED) is 0.885. The number of halogens is 2. The fraction of sp³-hybridized carbons (Fsp3) is 0.222. The van der Waals surface area contributed by atoms with Gasteiger partial charge in [-0.15, -0.1) is 0 Å². The lowest BCUT2D eigenvalue weighted by Gasteiger charge is -2.07. The predicted octanol–water partition coefficient (Wildman–Crippen LogP) is 3.88. The SMILES string of the molecule is N#Cc1ccc(CNC(=O)C2CC2c2cccc(Br)c2)c(F)c1. The molecule has 2 aromatic carbocycles. The maximum atomic E-state index is 13.8. The molecule has 0 aromatic heterocycles. The van der Waals surface area contributed by atoms with E-state index in [1.54, 1.807) is 6.07 Å². The van der Waals surface area contributed by atoms with Gasteiger partial charge in [0.1, 0.15) is 5.82 Å². The Bertz CT molecular complexity index is 800. The first-order valence-corrected chi connectivity index (χ1v) is 8.09. The van der Waals surface area contributed by atoms with Crippen LogP contribution in [0, 0.1) is 23.1 Å². The van der Waals surface area contributed by atoms with Crippen LogP contribution in [0.25, 0.3) is 0 Å². The van der Waals surface area contributed by atoms with E-state index in [-0.39, 0.29) is 29.9 Å². The van der Waals surface area contributed by atoms with Crippen molar-refractivity contribution in [3.05, 3.63) is 69.4 Å². The summed E-state index contributed by atoms with van der Waals surface area (Å²) in [4.78, 5) is 12.2. The minimum absolute atomic E-state index is 0.0502. The Kier molecular flexibility index (Phi) is 4.44. The zero-order chi connectivity index (χ0) is 16.4. The van der Waals surface area contributed by atoms with Crippen molar-refractivity contribution in [3.63, 3.8) is 0 Å². The fourth-order valence-corrected chi connectivity index (χ4v) is 3.08. The lowest BCUT2D eigenvalue weighted by molar-refractivity contribution is -0.122. The molecule has 3 nitrogen and oxygen atoms in total. The van der Waals surface area contributed by atoms with Crippen molar-refractivity contribution < 1.29 is 9.18 Å². The summed E-state index contributed by atoms with van der Waals surface area (Å²) in [5, 5.41) is 11.5. The van der Waals surface area contributed by atoms with Crippen LogP contribution < -0.4 is 5.32 Å². The van der Waals surface area contributed by atoms with Crippen LogP contribution in [0.3, 0.4) is 0 Å². The molecular weight excluding hydrogens is 359 g/mol. The molecule has 1 aliphatic carbocycles. The molecule has 0 radical (unpaired) electrons. The van der Waals surface area contributed by atoms with E-state index < -0.39 is 5.82 Å². The summed E-state index contributed by atoms with van der Waals surface area (Å²) in [6.07, 6.45) is 0.818. The van der Waals surface area contributed by atoms with Crippen LogP contribution in [0.15, 0.2) is 46.9 Å². The van der Waals surface area contributed by atoms with Crippen molar-refractivity contribution in [1.29, 1.82) is 5.26 Å². The average Bonchev–Trinajstić information content (AvgIpc) is 3.34. The second kappa shape index (κ2) is 6.51. The third-order valence-electron chi connectivity index (χ3n) is 4.04. The summed E-state index contributed by atoms with van der Waals surface area (Å²) < 4.78 is 14.8. The average molecular weight is 373 g/mol. The summed E-state index contributed by atoms with van der Waals surface area (Å²) in [5.74, 6) is -0.341. The second-order valence-electron chi connectivity index (χ2n) is 5.64. The number of carbonyl (C=O) groups is 1. The highest BCUT2D eigenvalue weighted by molar-refractivity contribution is 9.10. The van der Waals surface area contributed by atoms with E-state index in [0.717, 1.165) is 16.5 Å². The van der Waals surface area contributed by atoms with Crippen molar-refractivity contribution in [3.8, 4) is 6.07 Å². The molecule has 2 aromatic rings. The maximum absolute atomic E-state index is 13.8. The summed E-state index contributed by atoms with van der Waals surface area (Å²) >= 11 is 3.43. The predicted molar refractivity (Wildman–Crippen MR) is 88.0 cm³/mol. The lowest BCUT2D eigenvalue weighted by atomic mass is 10.1. The number of nitrogens with one attached hydrogen (secondary N) is 1. The molecule has 1 amide bonds. The molecule has 2 unspecified atom stereocenters. The molecule has 0 spiro atoms. The van der Waals surface area contributed by atoms with Crippen LogP contribution in [-0.4, -0.2) is 5.91 Å². The molecule has 0 bridgehead atoms. The lowest BCUT2D eigenvalue weighted by Crippen LogP contribution is -2.25. The van der Waals surface area contributed by atoms with E-state index >= 15 is 0 Å². The van der Waals surface area contributed by atoms with Gasteiger partial charge in [-0.2, -0.15) is 5.26 Å². The largest absolute Gasteiger partial charge is 0.352 e. The number of rotatable bonds is 4. The van der Waals surface area contributed by atoms with E-state index in [1.165, 1.54) is 12.1 Å². The molecule has 0 saturated heterocycles. The molecule has 5 heteroatoms. The van der Waals surface area contributed by atoms with Gasteiger partial charge in [0.15, 0.2) is 0 Å². The standard InChI is InChI=1S/C18H14BrFN2O/c19-14-3-1-2-12(7-14)15-8-16(15)18(23)22-10-13-5-4-11(9-21)6-17(13)20/h1-7,15-16H,8,10H2,(H,22,23). The summed E-state index contributed by atoms with van der Waals surface area (Å²) in [6.45, 7) is 0.137. The summed E-state index contributed by atoms with van der Waals surface area (Å²) in [6, 6.07) is 14.1. The Morgan fingerprint density at radius 3 is 2.87 bits per heavy atom. The zero-order valence-electron chi connectivity index (χ0n) is 12.2. The molecule has 3 rings (SSSR count). The van der Waals surface area contributed by atoms with Crippen molar-refractivity contribution in [2.45, 2.75) is 18.9 Å². The Hall–Kier alpha value is -2.19. The van der Waals surface area contributed by atoms with Crippen LogP contribution in [0.4, 0.5) is 4.39 Å². The number of amides is 1. The Morgan fingerprint density at radius 1 is 1.35 bits per heavy atom. The minimum Gasteiger partial charge on any atom is -0.352 e. The number of carbonyl (C=O) groups excluding carboxylic acids is 1. The third-order valence-corrected chi connectivity index (χ3v) is 4.53. The second-order valence-corrected chi connectivity index (χ2v) is 6.56. The van der Waals surface area contributed by atoms with E-state index in [0.29, 0.717) is 5.56 Å². The normalized spacial score (nSPS) is 19.0. The Balaban J connectivity index is 1.58. The number of nitriles is 1. The third kappa shape index (κ3) is 3.59. The highest BCUT2D eigenvalue weighted by Gasteiger charge is 2.43. The molecule has 1 saturated carbocycles.